The Morgan fingerprint density at radius 2 is 1.92 bits per heavy atom. The van der Waals surface area contributed by atoms with Gasteiger partial charge in [-0.1, -0.05) is 23.4 Å². The Morgan fingerprint density at radius 3 is 2.71 bits per heavy atom. The van der Waals surface area contributed by atoms with Gasteiger partial charge < -0.3 is 10.5 Å². The van der Waals surface area contributed by atoms with Crippen LogP contribution in [0.4, 0.5) is 0 Å². The Balaban J connectivity index is 1.93. The predicted molar refractivity (Wildman–Crippen MR) is 91.9 cm³/mol. The standard InChI is InChI=1S/C18H17N5O/c1-23-11-16(17(21-23)12-5-8-19-9-6-12)13-3-2-4-15-14(13)7-10-20-18(15)22-24/h2-6,8-9,11,24H,7,10H2,1H3,(H,20,22). The minimum absolute atomic E-state index is 0.521. The molecular weight excluding hydrogens is 302 g/mol. The number of rotatable bonds is 2. The van der Waals surface area contributed by atoms with Crippen LogP contribution >= 0.6 is 0 Å². The summed E-state index contributed by atoms with van der Waals surface area (Å²) in [7, 11) is 1.92. The summed E-state index contributed by atoms with van der Waals surface area (Å²) in [6.07, 6.45) is 6.45. The van der Waals surface area contributed by atoms with E-state index in [1.54, 1.807) is 12.4 Å². The summed E-state index contributed by atoms with van der Waals surface area (Å²) in [5, 5.41) is 20.4. The normalized spacial score (nSPS) is 15.1. The van der Waals surface area contributed by atoms with E-state index in [9.17, 15) is 5.21 Å². The largest absolute Gasteiger partial charge is 0.409 e. The van der Waals surface area contributed by atoms with Gasteiger partial charge in [0.15, 0.2) is 5.84 Å². The van der Waals surface area contributed by atoms with Gasteiger partial charge >= 0.3 is 0 Å². The van der Waals surface area contributed by atoms with Crippen LogP contribution in [0.1, 0.15) is 11.1 Å². The van der Waals surface area contributed by atoms with E-state index in [0.717, 1.165) is 40.9 Å². The van der Waals surface area contributed by atoms with Gasteiger partial charge in [-0.25, -0.2) is 0 Å². The van der Waals surface area contributed by atoms with Crippen molar-refractivity contribution in [1.29, 1.82) is 0 Å². The number of hydrogen-bond donors (Lipinski definition) is 2. The Morgan fingerprint density at radius 1 is 1.12 bits per heavy atom. The first-order valence-corrected chi connectivity index (χ1v) is 7.80. The van der Waals surface area contributed by atoms with Crippen LogP contribution in [0.25, 0.3) is 22.4 Å². The fourth-order valence-electron chi connectivity index (χ4n) is 3.23. The molecule has 0 amide bonds. The van der Waals surface area contributed by atoms with Crippen LogP contribution in [0.3, 0.4) is 0 Å². The molecule has 120 valence electrons. The molecule has 6 heteroatoms. The number of fused-ring (bicyclic) bond motifs is 1. The van der Waals surface area contributed by atoms with Crippen LogP contribution < -0.4 is 5.32 Å². The Bertz CT molecular complexity index is 914. The van der Waals surface area contributed by atoms with Crippen molar-refractivity contribution in [3.63, 3.8) is 0 Å². The van der Waals surface area contributed by atoms with E-state index < -0.39 is 0 Å². The third-order valence-corrected chi connectivity index (χ3v) is 4.27. The van der Waals surface area contributed by atoms with Crippen LogP contribution in [0, 0.1) is 0 Å². The van der Waals surface area contributed by atoms with Crippen LogP contribution in [0.2, 0.25) is 0 Å². The molecule has 6 nitrogen and oxygen atoms in total. The maximum Gasteiger partial charge on any atom is 0.172 e. The smallest absolute Gasteiger partial charge is 0.172 e. The number of pyridine rings is 1. The first kappa shape index (κ1) is 14.4. The lowest BCUT2D eigenvalue weighted by Gasteiger charge is -2.21. The van der Waals surface area contributed by atoms with E-state index in [0.29, 0.717) is 5.84 Å². The molecule has 0 saturated heterocycles. The number of benzene rings is 1. The van der Waals surface area contributed by atoms with Crippen molar-refractivity contribution in [2.45, 2.75) is 6.42 Å². The van der Waals surface area contributed by atoms with Gasteiger partial charge in [0.1, 0.15) is 5.69 Å². The van der Waals surface area contributed by atoms with Crippen LogP contribution in [0.5, 0.6) is 0 Å². The molecule has 2 aromatic heterocycles. The molecule has 0 aliphatic carbocycles. The second-order valence-corrected chi connectivity index (χ2v) is 5.76. The zero-order chi connectivity index (χ0) is 16.5. The minimum atomic E-state index is 0.521. The molecule has 0 bridgehead atoms. The van der Waals surface area contributed by atoms with Crippen molar-refractivity contribution in [2.24, 2.45) is 12.2 Å². The molecule has 24 heavy (non-hydrogen) atoms. The number of hydrogen-bond acceptors (Lipinski definition) is 4. The fourth-order valence-corrected chi connectivity index (χ4v) is 3.23. The van der Waals surface area contributed by atoms with Gasteiger partial charge in [0.25, 0.3) is 0 Å². The van der Waals surface area contributed by atoms with Gasteiger partial charge in [-0.05, 0) is 29.7 Å². The van der Waals surface area contributed by atoms with E-state index >= 15 is 0 Å². The summed E-state index contributed by atoms with van der Waals surface area (Å²) in [6, 6.07) is 9.98. The van der Waals surface area contributed by atoms with E-state index in [2.05, 4.69) is 26.6 Å². The first-order valence-electron chi connectivity index (χ1n) is 7.80. The SMILES string of the molecule is Cn1cc(-c2cccc3c2CCN/C3=N\O)c(-c2ccncc2)n1. The molecule has 0 unspecified atom stereocenters. The van der Waals surface area contributed by atoms with Crippen molar-refractivity contribution >= 4 is 5.84 Å². The van der Waals surface area contributed by atoms with Crippen molar-refractivity contribution in [3.05, 3.63) is 60.0 Å². The van der Waals surface area contributed by atoms with Crippen LogP contribution in [0.15, 0.2) is 54.1 Å². The molecule has 1 aliphatic heterocycles. The van der Waals surface area contributed by atoms with Crippen molar-refractivity contribution < 1.29 is 5.21 Å². The Labute approximate surface area is 139 Å². The van der Waals surface area contributed by atoms with E-state index in [1.807, 2.05) is 42.2 Å². The lowest BCUT2D eigenvalue weighted by Crippen LogP contribution is -2.33. The summed E-state index contributed by atoms with van der Waals surface area (Å²) in [5.74, 6) is 0.521. The molecule has 1 aromatic carbocycles. The van der Waals surface area contributed by atoms with Crippen LogP contribution in [-0.4, -0.2) is 32.4 Å². The monoisotopic (exact) mass is 319 g/mol. The number of nitrogens with zero attached hydrogens (tertiary/aromatic N) is 4. The van der Waals surface area contributed by atoms with Gasteiger partial charge in [-0.2, -0.15) is 5.10 Å². The predicted octanol–water partition coefficient (Wildman–Crippen LogP) is 2.43. The molecule has 4 rings (SSSR count). The highest BCUT2D eigenvalue weighted by atomic mass is 16.4. The highest BCUT2D eigenvalue weighted by molar-refractivity contribution is 6.02. The van der Waals surface area contributed by atoms with Gasteiger partial charge in [0, 0.05) is 48.9 Å². The molecule has 0 atom stereocenters. The van der Waals surface area contributed by atoms with Gasteiger partial charge in [-0.15, -0.1) is 0 Å². The number of aromatic nitrogens is 3. The summed E-state index contributed by atoms with van der Waals surface area (Å²) in [5.41, 5.74) is 6.26. The quantitative estimate of drug-likeness (QED) is 0.562. The molecule has 3 heterocycles. The average Bonchev–Trinajstić information content (AvgIpc) is 3.03. The summed E-state index contributed by atoms with van der Waals surface area (Å²) < 4.78 is 1.83. The number of aryl methyl sites for hydroxylation is 1. The minimum Gasteiger partial charge on any atom is -0.409 e. The molecule has 0 fully saturated rings. The molecule has 2 N–H and O–H groups in total. The highest BCUT2D eigenvalue weighted by Crippen LogP contribution is 2.35. The van der Waals surface area contributed by atoms with E-state index in [4.69, 9.17) is 0 Å². The third-order valence-electron chi connectivity index (χ3n) is 4.27. The summed E-state index contributed by atoms with van der Waals surface area (Å²) in [4.78, 5) is 4.08. The molecule has 3 aromatic rings. The molecule has 0 radical (unpaired) electrons. The lowest BCUT2D eigenvalue weighted by molar-refractivity contribution is 0.316. The zero-order valence-electron chi connectivity index (χ0n) is 13.3. The molecule has 1 aliphatic rings. The van der Waals surface area contributed by atoms with Crippen molar-refractivity contribution in [3.8, 4) is 22.4 Å². The highest BCUT2D eigenvalue weighted by Gasteiger charge is 2.22. The second-order valence-electron chi connectivity index (χ2n) is 5.76. The maximum absolute atomic E-state index is 9.24. The van der Waals surface area contributed by atoms with E-state index in [1.165, 1.54) is 5.56 Å². The summed E-state index contributed by atoms with van der Waals surface area (Å²) >= 11 is 0. The fraction of sp³-hybridized carbons (Fsp3) is 0.167. The van der Waals surface area contributed by atoms with Gasteiger partial charge in [-0.3, -0.25) is 9.67 Å². The third kappa shape index (κ3) is 2.32. The van der Waals surface area contributed by atoms with Crippen LogP contribution in [-0.2, 0) is 13.5 Å². The van der Waals surface area contributed by atoms with Gasteiger partial charge in [0.2, 0.25) is 0 Å². The summed E-state index contributed by atoms with van der Waals surface area (Å²) in [6.45, 7) is 0.744. The Kier molecular flexibility index (Phi) is 3.49. The average molecular weight is 319 g/mol. The van der Waals surface area contributed by atoms with Crippen molar-refractivity contribution in [2.75, 3.05) is 6.54 Å². The number of oxime groups is 1. The maximum atomic E-state index is 9.24. The lowest BCUT2D eigenvalue weighted by atomic mass is 9.90. The molecular formula is C18H17N5O. The first-order chi connectivity index (χ1) is 11.8. The number of amidine groups is 1. The second kappa shape index (κ2) is 5.81. The molecule has 0 spiro atoms. The van der Waals surface area contributed by atoms with E-state index in [-0.39, 0.29) is 0 Å². The zero-order valence-corrected chi connectivity index (χ0v) is 13.3. The molecule has 0 saturated carbocycles. The number of nitrogens with one attached hydrogen (secondary N) is 1. The van der Waals surface area contributed by atoms with Crippen molar-refractivity contribution in [1.82, 2.24) is 20.1 Å². The topological polar surface area (TPSA) is 75.3 Å². The Hall–Kier alpha value is -3.15. The van der Waals surface area contributed by atoms with Gasteiger partial charge in [0.05, 0.1) is 0 Å².